The maximum Gasteiger partial charge on any atom is 0.258 e. The fraction of sp³-hybridized carbons (Fsp3) is 0.542. The Bertz CT molecular complexity index is 1010. The van der Waals surface area contributed by atoms with Crippen LogP contribution in [0.15, 0.2) is 24.3 Å². The van der Waals surface area contributed by atoms with Crippen LogP contribution in [0.5, 0.6) is 0 Å². The van der Waals surface area contributed by atoms with Gasteiger partial charge in [0.1, 0.15) is 11.0 Å². The van der Waals surface area contributed by atoms with Gasteiger partial charge in [-0.1, -0.05) is 25.4 Å². The average molecular weight is 476 g/mol. The molecule has 2 aliphatic rings. The van der Waals surface area contributed by atoms with Gasteiger partial charge < -0.3 is 9.80 Å². The van der Waals surface area contributed by atoms with Crippen LogP contribution in [0.3, 0.4) is 0 Å². The number of benzene rings is 1. The van der Waals surface area contributed by atoms with E-state index in [9.17, 15) is 14.0 Å². The number of piperazine rings is 1. The first kappa shape index (κ1) is 23.7. The summed E-state index contributed by atoms with van der Waals surface area (Å²) in [5.74, 6) is 0.728. The lowest BCUT2D eigenvalue weighted by Gasteiger charge is -2.38. The van der Waals surface area contributed by atoms with E-state index in [1.807, 2.05) is 4.90 Å². The van der Waals surface area contributed by atoms with Crippen molar-refractivity contribution in [2.75, 3.05) is 45.8 Å². The summed E-state index contributed by atoms with van der Waals surface area (Å²) in [6.07, 6.45) is 1.17. The van der Waals surface area contributed by atoms with Gasteiger partial charge in [-0.05, 0) is 49.4 Å². The lowest BCUT2D eigenvalue weighted by molar-refractivity contribution is -0.135. The van der Waals surface area contributed by atoms with Crippen molar-refractivity contribution in [2.24, 2.45) is 11.8 Å². The number of carbonyl (C=O) groups excluding carboxylic acids is 2. The monoisotopic (exact) mass is 475 g/mol. The van der Waals surface area contributed by atoms with Gasteiger partial charge in [0.2, 0.25) is 5.91 Å². The van der Waals surface area contributed by atoms with Gasteiger partial charge in [0.05, 0.1) is 23.5 Å². The van der Waals surface area contributed by atoms with Gasteiger partial charge in [0.25, 0.3) is 5.91 Å². The number of halogens is 2. The van der Waals surface area contributed by atoms with Gasteiger partial charge in [0, 0.05) is 39.3 Å². The minimum absolute atomic E-state index is 0.171. The van der Waals surface area contributed by atoms with E-state index in [2.05, 4.69) is 23.8 Å². The van der Waals surface area contributed by atoms with Gasteiger partial charge in [-0.2, -0.15) is 5.10 Å². The average Bonchev–Trinajstić information content (AvgIpc) is 3.07. The minimum Gasteiger partial charge on any atom is -0.341 e. The number of piperidine rings is 1. The predicted molar refractivity (Wildman–Crippen MR) is 125 cm³/mol. The Kier molecular flexibility index (Phi) is 7.05. The highest BCUT2D eigenvalue weighted by atomic mass is 35.5. The van der Waals surface area contributed by atoms with Crippen molar-refractivity contribution in [1.82, 2.24) is 24.5 Å². The van der Waals surface area contributed by atoms with Crippen LogP contribution < -0.4 is 0 Å². The third-order valence-electron chi connectivity index (χ3n) is 6.53. The van der Waals surface area contributed by atoms with Gasteiger partial charge in [0.15, 0.2) is 0 Å². The lowest BCUT2D eigenvalue weighted by Crippen LogP contribution is -2.53. The zero-order valence-corrected chi connectivity index (χ0v) is 20.2. The Hall–Kier alpha value is -2.45. The molecule has 33 heavy (non-hydrogen) atoms. The van der Waals surface area contributed by atoms with E-state index in [1.54, 1.807) is 24.0 Å². The molecular weight excluding hydrogens is 445 g/mol. The Morgan fingerprint density at radius 3 is 2.24 bits per heavy atom. The lowest BCUT2D eigenvalue weighted by atomic mass is 9.92. The number of amides is 2. The summed E-state index contributed by atoms with van der Waals surface area (Å²) in [4.78, 5) is 31.9. The van der Waals surface area contributed by atoms with E-state index in [4.69, 9.17) is 11.6 Å². The molecule has 2 fully saturated rings. The molecule has 2 saturated heterocycles. The van der Waals surface area contributed by atoms with E-state index < -0.39 is 0 Å². The van der Waals surface area contributed by atoms with Crippen LogP contribution in [-0.4, -0.2) is 82.1 Å². The van der Waals surface area contributed by atoms with Crippen molar-refractivity contribution in [2.45, 2.75) is 27.2 Å². The van der Waals surface area contributed by atoms with Crippen molar-refractivity contribution in [3.63, 3.8) is 0 Å². The second kappa shape index (κ2) is 9.81. The quantitative estimate of drug-likeness (QED) is 0.681. The minimum atomic E-state index is -0.351. The molecule has 0 radical (unpaired) electrons. The van der Waals surface area contributed by atoms with Crippen molar-refractivity contribution < 1.29 is 14.0 Å². The van der Waals surface area contributed by atoms with Gasteiger partial charge in [-0.25, -0.2) is 9.07 Å². The summed E-state index contributed by atoms with van der Waals surface area (Å²) >= 11 is 6.52. The normalized spacial score (nSPS) is 22.0. The summed E-state index contributed by atoms with van der Waals surface area (Å²) in [7, 11) is 0. The first-order valence-corrected chi connectivity index (χ1v) is 11.9. The molecule has 4 rings (SSSR count). The summed E-state index contributed by atoms with van der Waals surface area (Å²) in [5.41, 5.74) is 1.48. The SMILES string of the molecule is Cc1nn(-c2ccc(F)cc2)c(Cl)c1C(=O)N1CCN(CC(=O)N2CC(C)CC(C)C2)CC1. The van der Waals surface area contributed by atoms with Gasteiger partial charge in [-0.15, -0.1) is 0 Å². The summed E-state index contributed by atoms with van der Waals surface area (Å²) < 4.78 is 14.7. The molecule has 2 amide bonds. The molecule has 0 bridgehead atoms. The smallest absolute Gasteiger partial charge is 0.258 e. The molecule has 2 aromatic rings. The number of hydrogen-bond acceptors (Lipinski definition) is 4. The van der Waals surface area contributed by atoms with Gasteiger partial charge >= 0.3 is 0 Å². The molecule has 1 aromatic carbocycles. The molecule has 7 nitrogen and oxygen atoms in total. The van der Waals surface area contributed by atoms with Crippen LogP contribution in [0.25, 0.3) is 5.69 Å². The predicted octanol–water partition coefficient (Wildman–Crippen LogP) is 3.24. The van der Waals surface area contributed by atoms with Crippen LogP contribution in [0.4, 0.5) is 4.39 Å². The maximum atomic E-state index is 13.3. The third-order valence-corrected chi connectivity index (χ3v) is 6.88. The molecule has 0 N–H and O–H groups in total. The second-order valence-electron chi connectivity index (χ2n) is 9.45. The first-order chi connectivity index (χ1) is 15.7. The number of aromatic nitrogens is 2. The molecule has 178 valence electrons. The van der Waals surface area contributed by atoms with Crippen LogP contribution in [0, 0.1) is 24.6 Å². The number of carbonyl (C=O) groups is 2. The Balaban J connectivity index is 1.37. The molecular formula is C24H31ClFN5O2. The molecule has 9 heteroatoms. The zero-order chi connectivity index (χ0) is 23.7. The van der Waals surface area contributed by atoms with E-state index in [0.29, 0.717) is 61.5 Å². The van der Waals surface area contributed by atoms with E-state index in [1.165, 1.54) is 23.2 Å². The number of likely N-dealkylation sites (tertiary alicyclic amines) is 1. The van der Waals surface area contributed by atoms with Crippen molar-refractivity contribution in [3.05, 3.63) is 46.5 Å². The molecule has 3 heterocycles. The van der Waals surface area contributed by atoms with E-state index in [0.717, 1.165) is 13.1 Å². The standard InChI is InChI=1S/C24H31ClFN5O2/c1-16-12-17(2)14-30(13-16)21(32)15-28-8-10-29(11-9-28)24(33)22-18(3)27-31(23(22)25)20-6-4-19(26)5-7-20/h4-7,16-17H,8-15H2,1-3H3. The highest BCUT2D eigenvalue weighted by Crippen LogP contribution is 2.26. The molecule has 2 aliphatic heterocycles. The van der Waals surface area contributed by atoms with Crippen LogP contribution in [0.1, 0.15) is 36.3 Å². The molecule has 1 aromatic heterocycles. The maximum absolute atomic E-state index is 13.3. The highest BCUT2D eigenvalue weighted by molar-refractivity contribution is 6.33. The summed E-state index contributed by atoms with van der Waals surface area (Å²) in [6, 6.07) is 5.80. The third kappa shape index (κ3) is 5.22. The second-order valence-corrected chi connectivity index (χ2v) is 9.81. The van der Waals surface area contributed by atoms with E-state index in [-0.39, 0.29) is 22.8 Å². The van der Waals surface area contributed by atoms with Crippen molar-refractivity contribution in [3.8, 4) is 5.69 Å². The highest BCUT2D eigenvalue weighted by Gasteiger charge is 2.30. The van der Waals surface area contributed by atoms with Crippen LogP contribution in [0.2, 0.25) is 5.15 Å². The molecule has 2 unspecified atom stereocenters. The van der Waals surface area contributed by atoms with Gasteiger partial charge in [-0.3, -0.25) is 14.5 Å². The fourth-order valence-corrected chi connectivity index (χ4v) is 5.27. The zero-order valence-electron chi connectivity index (χ0n) is 19.4. The molecule has 0 spiro atoms. The Morgan fingerprint density at radius 1 is 1.03 bits per heavy atom. The van der Waals surface area contributed by atoms with Crippen LogP contribution >= 0.6 is 11.6 Å². The molecule has 2 atom stereocenters. The van der Waals surface area contributed by atoms with E-state index >= 15 is 0 Å². The van der Waals surface area contributed by atoms with Crippen molar-refractivity contribution in [1.29, 1.82) is 0 Å². The number of hydrogen-bond donors (Lipinski definition) is 0. The summed E-state index contributed by atoms with van der Waals surface area (Å²) in [6.45, 7) is 10.5. The van der Waals surface area contributed by atoms with Crippen LogP contribution in [-0.2, 0) is 4.79 Å². The summed E-state index contributed by atoms with van der Waals surface area (Å²) in [5, 5.41) is 4.62. The number of nitrogens with zero attached hydrogens (tertiary/aromatic N) is 5. The largest absolute Gasteiger partial charge is 0.341 e. The Morgan fingerprint density at radius 2 is 1.64 bits per heavy atom. The Labute approximate surface area is 199 Å². The number of rotatable bonds is 4. The first-order valence-electron chi connectivity index (χ1n) is 11.5. The van der Waals surface area contributed by atoms with Crippen molar-refractivity contribution >= 4 is 23.4 Å². The molecule has 0 saturated carbocycles. The fourth-order valence-electron chi connectivity index (χ4n) is 4.92. The topological polar surface area (TPSA) is 61.7 Å². The number of aryl methyl sites for hydroxylation is 1. The molecule has 0 aliphatic carbocycles.